The van der Waals surface area contributed by atoms with Gasteiger partial charge < -0.3 is 69.8 Å². The molecule has 11 N–H and O–H groups in total. The average molecular weight is 1150 g/mol. The number of rotatable bonds is 20. The summed E-state index contributed by atoms with van der Waals surface area (Å²) < 4.78 is 65.7. The Bertz CT molecular complexity index is 3000. The number of nitro benzene ring substituents is 2. The fourth-order valence-electron chi connectivity index (χ4n) is 8.32. The zero-order chi connectivity index (χ0) is 56.9. The number of nitrogens with zero attached hydrogens (tertiary/aromatic N) is 6. The number of anilines is 2. The number of nitro groups is 2. The molecule has 4 aromatic rings. The van der Waals surface area contributed by atoms with Gasteiger partial charge in [-0.1, -0.05) is 73.2 Å². The number of aliphatic hydroxyl groups excluding tert-OH is 3. The van der Waals surface area contributed by atoms with Crippen molar-refractivity contribution in [3.05, 3.63) is 124 Å². The molecule has 0 amide bonds. The lowest BCUT2D eigenvalue weighted by atomic mass is 9.84. The fraction of sp³-hybridized carbons (Fsp3) is 0.556. The number of hydrogen-bond donors (Lipinski definition) is 9. The van der Waals surface area contributed by atoms with Crippen molar-refractivity contribution >= 4 is 45.6 Å². The maximum absolute atomic E-state index is 12.7. The standard InChI is InChI=1S/C23H35N4O14P3.C21H28N4O7.CH4/c1-23(2,3)20(15-6-4-5-7-16(15)27(30)31)39-10-14-9-26(22(29)25-21(14)24)19-8-17(28)18(41-19)11-40-44(37,38)13-42(32,33)12-43(34,35)36;1-21(2,3)18(13-6-4-5-7-14(13)25(29)30)31-11-12-9-24(20(28)23-19(12)22)17-8-15(27)16(10-26)32-17;/h4-7,9,17-20,28H,8,10-13H2,1-3H3,(H,32,33)(H,37,38)(H2,24,25,29)(H2,34,35,36);4-7,9,15-18,26-27H,8,10-11H2,1-3H3,(H2,22,23,28);1H4/t17-,18-,19-,20-;15-,16-,17-,18-;/m11./s1. The third kappa shape index (κ3) is 17.4. The van der Waals surface area contributed by atoms with Crippen LogP contribution in [0.4, 0.5) is 23.0 Å². The van der Waals surface area contributed by atoms with E-state index in [1.165, 1.54) is 35.2 Å². The Balaban J connectivity index is 0.000000344. The molecule has 428 valence electrons. The first-order chi connectivity index (χ1) is 35.1. The lowest BCUT2D eigenvalue weighted by Crippen LogP contribution is -2.30. The predicted molar refractivity (Wildman–Crippen MR) is 276 cm³/mol. The largest absolute Gasteiger partial charge is 0.394 e. The number of aliphatic hydroxyl groups is 3. The molecular weight excluding hydrogens is 1080 g/mol. The summed E-state index contributed by atoms with van der Waals surface area (Å²) in [6, 6.07) is 12.5. The highest BCUT2D eigenvalue weighted by molar-refractivity contribution is 7.79. The van der Waals surface area contributed by atoms with E-state index in [1.807, 2.05) is 41.5 Å². The number of nitrogens with two attached hydrogens (primary N) is 2. The van der Waals surface area contributed by atoms with Crippen LogP contribution < -0.4 is 22.8 Å². The molecule has 10 atom stereocenters. The Kier molecular flexibility index (Phi) is 21.5. The van der Waals surface area contributed by atoms with Gasteiger partial charge in [-0.05, 0) is 23.0 Å². The maximum atomic E-state index is 12.7. The quantitative estimate of drug-likeness (QED) is 0.0332. The van der Waals surface area contributed by atoms with Gasteiger partial charge in [0.25, 0.3) is 11.4 Å². The number of hydrogen-bond acceptors (Lipinski definition) is 21. The average Bonchev–Trinajstić information content (AvgIpc) is 3.85. The molecule has 2 aliphatic rings. The molecule has 2 aromatic heterocycles. The van der Waals surface area contributed by atoms with Crippen LogP contribution in [-0.2, 0) is 50.4 Å². The van der Waals surface area contributed by atoms with E-state index in [9.17, 15) is 68.6 Å². The van der Waals surface area contributed by atoms with Crippen molar-refractivity contribution in [2.24, 2.45) is 10.8 Å². The van der Waals surface area contributed by atoms with Crippen LogP contribution in [-0.4, -0.2) is 113 Å². The summed E-state index contributed by atoms with van der Waals surface area (Å²) in [5, 5.41) is 52.9. The van der Waals surface area contributed by atoms with E-state index in [-0.39, 0.29) is 68.7 Å². The van der Waals surface area contributed by atoms with Crippen LogP contribution in [0, 0.1) is 31.1 Å². The molecule has 0 saturated carbocycles. The minimum Gasteiger partial charge on any atom is -0.394 e. The smallest absolute Gasteiger partial charge is 0.351 e. The van der Waals surface area contributed by atoms with E-state index < -0.39 is 122 Å². The fourth-order valence-corrected chi connectivity index (χ4v) is 14.7. The molecule has 2 aromatic carbocycles. The molecule has 2 saturated heterocycles. The van der Waals surface area contributed by atoms with Crippen molar-refractivity contribution in [1.82, 2.24) is 19.1 Å². The van der Waals surface area contributed by atoms with E-state index in [0.717, 1.165) is 4.57 Å². The lowest BCUT2D eigenvalue weighted by molar-refractivity contribution is -0.386. The summed E-state index contributed by atoms with van der Waals surface area (Å²) in [5.74, 6) is -3.16. The summed E-state index contributed by atoms with van der Waals surface area (Å²) in [4.78, 5) is 92.3. The van der Waals surface area contributed by atoms with Gasteiger partial charge in [0.2, 0.25) is 7.37 Å². The highest BCUT2D eigenvalue weighted by atomic mass is 31.3. The lowest BCUT2D eigenvalue weighted by Gasteiger charge is -2.31. The van der Waals surface area contributed by atoms with Crippen LogP contribution in [0.1, 0.15) is 109 Å². The summed E-state index contributed by atoms with van der Waals surface area (Å²) >= 11 is 0. The van der Waals surface area contributed by atoms with Gasteiger partial charge in [0.05, 0.1) is 71.8 Å². The van der Waals surface area contributed by atoms with Crippen LogP contribution in [0.5, 0.6) is 0 Å². The third-order valence-electron chi connectivity index (χ3n) is 11.8. The molecule has 2 unspecified atom stereocenters. The van der Waals surface area contributed by atoms with Crippen LogP contribution in [0.25, 0.3) is 0 Å². The molecule has 32 heteroatoms. The highest BCUT2D eigenvalue weighted by Gasteiger charge is 2.42. The van der Waals surface area contributed by atoms with Crippen LogP contribution in [0.15, 0.2) is 70.5 Å². The molecule has 6 rings (SSSR count). The monoisotopic (exact) mass is 1150 g/mol. The second-order valence-corrected chi connectivity index (χ2v) is 27.0. The van der Waals surface area contributed by atoms with Gasteiger partial charge in [-0.2, -0.15) is 9.97 Å². The van der Waals surface area contributed by atoms with Crippen molar-refractivity contribution < 1.29 is 81.9 Å². The number of aromatic nitrogens is 4. The van der Waals surface area contributed by atoms with Gasteiger partial charge in [-0.25, -0.2) is 9.59 Å². The van der Waals surface area contributed by atoms with Crippen LogP contribution in [0.2, 0.25) is 0 Å². The number of benzene rings is 2. The zero-order valence-electron chi connectivity index (χ0n) is 42.1. The molecular formula is C45H67N8O21P3. The van der Waals surface area contributed by atoms with E-state index >= 15 is 0 Å². The zero-order valence-corrected chi connectivity index (χ0v) is 44.8. The summed E-state index contributed by atoms with van der Waals surface area (Å²) in [5.41, 5.74) is 10.5. The first-order valence-corrected chi connectivity index (χ1v) is 28.7. The molecule has 2 fully saturated rings. The molecule has 0 radical (unpaired) electrons. The summed E-state index contributed by atoms with van der Waals surface area (Å²) in [7, 11) is -14.6. The third-order valence-corrected chi connectivity index (χ3v) is 18.8. The molecule has 2 aliphatic heterocycles. The van der Waals surface area contributed by atoms with E-state index in [0.29, 0.717) is 16.7 Å². The van der Waals surface area contributed by atoms with Crippen LogP contribution in [0.3, 0.4) is 0 Å². The van der Waals surface area contributed by atoms with E-state index in [4.69, 9.17) is 44.7 Å². The Morgan fingerprint density at radius 2 is 1.10 bits per heavy atom. The van der Waals surface area contributed by atoms with Crippen molar-refractivity contribution in [3.8, 4) is 0 Å². The molecule has 4 heterocycles. The first kappa shape index (κ1) is 64.3. The van der Waals surface area contributed by atoms with Gasteiger partial charge in [0.1, 0.15) is 48.1 Å². The second-order valence-electron chi connectivity index (χ2n) is 20.2. The van der Waals surface area contributed by atoms with Crippen LogP contribution >= 0.6 is 22.6 Å². The van der Waals surface area contributed by atoms with Gasteiger partial charge in [-0.15, -0.1) is 0 Å². The topological polar surface area (TPSA) is 447 Å². The van der Waals surface area contributed by atoms with Crippen molar-refractivity contribution in [2.45, 2.75) is 124 Å². The van der Waals surface area contributed by atoms with Gasteiger partial charge in [0.15, 0.2) is 0 Å². The Labute approximate surface area is 441 Å². The van der Waals surface area contributed by atoms with Gasteiger partial charge in [0, 0.05) is 48.5 Å². The summed E-state index contributed by atoms with van der Waals surface area (Å²) in [6.45, 7) is 9.76. The van der Waals surface area contributed by atoms with Crippen molar-refractivity contribution in [2.75, 3.05) is 36.5 Å². The Morgan fingerprint density at radius 3 is 1.47 bits per heavy atom. The predicted octanol–water partition coefficient (Wildman–Crippen LogP) is 4.57. The van der Waals surface area contributed by atoms with Gasteiger partial charge in [-0.3, -0.25) is 43.1 Å². The van der Waals surface area contributed by atoms with E-state index in [1.54, 1.807) is 30.3 Å². The molecule has 77 heavy (non-hydrogen) atoms. The van der Waals surface area contributed by atoms with Crippen molar-refractivity contribution in [1.29, 1.82) is 0 Å². The van der Waals surface area contributed by atoms with Crippen molar-refractivity contribution in [3.63, 3.8) is 0 Å². The first-order valence-electron chi connectivity index (χ1n) is 23.2. The minimum atomic E-state index is -4.97. The molecule has 0 spiro atoms. The normalized spacial score (nSPS) is 22.1. The SMILES string of the molecule is C.CC(C)(C)[C@H](OCc1cn([C@H]2C[C@@H](O)[C@@H](CO)O2)c(=O)nc1N)c1ccccc1[N+](=O)[O-].CC(C)(C)[C@H](OCc1cn([C@H]2C[C@@H](O)[C@@H](COP(=O)(O)CP(=O)(O)CP(=O)(O)O)O2)c(=O)nc1N)c1ccccc1[N+](=O)[O-]. The highest BCUT2D eigenvalue weighted by Crippen LogP contribution is 2.63. The minimum absolute atomic E-state index is 0. The number of ether oxygens (including phenoxy) is 4. The number of para-hydroxylation sites is 2. The maximum Gasteiger partial charge on any atom is 0.351 e. The summed E-state index contributed by atoms with van der Waals surface area (Å²) in [6.07, 6.45) is -5.08. The van der Waals surface area contributed by atoms with E-state index in [2.05, 4.69) is 9.97 Å². The Hall–Kier alpha value is -5.19. The number of nitrogen functional groups attached to an aromatic ring is 2. The Morgan fingerprint density at radius 1 is 0.714 bits per heavy atom. The van der Waals surface area contributed by atoms with Gasteiger partial charge >= 0.3 is 26.6 Å². The molecule has 0 aliphatic carbocycles. The second kappa shape index (κ2) is 25.7. The molecule has 0 bridgehead atoms. The molecule has 29 nitrogen and oxygen atoms in total.